The summed E-state index contributed by atoms with van der Waals surface area (Å²) in [7, 11) is 0. The van der Waals surface area contributed by atoms with Crippen LogP contribution in [0.3, 0.4) is 0 Å². The molecule has 1 aromatic carbocycles. The normalized spacial score (nSPS) is 15.7. The molecule has 1 amide bonds. The highest BCUT2D eigenvalue weighted by Gasteiger charge is 2.17. The third-order valence-electron chi connectivity index (χ3n) is 4.27. The molecule has 0 aliphatic heterocycles. The molecule has 1 aromatic rings. The van der Waals surface area contributed by atoms with E-state index in [0.717, 1.165) is 12.0 Å². The molecule has 1 saturated carbocycles. The topological polar surface area (TPSA) is 66.4 Å². The van der Waals surface area contributed by atoms with Crippen LogP contribution < -0.4 is 5.32 Å². The molecule has 1 fully saturated rings. The number of hydrogen-bond donors (Lipinski definition) is 2. The van der Waals surface area contributed by atoms with Crippen LogP contribution in [0.5, 0.6) is 0 Å². The van der Waals surface area contributed by atoms with Crippen LogP contribution in [0.4, 0.5) is 5.69 Å². The number of aromatic carboxylic acids is 1. The van der Waals surface area contributed by atoms with E-state index in [1.54, 1.807) is 6.07 Å². The molecule has 0 bridgehead atoms. The van der Waals surface area contributed by atoms with Gasteiger partial charge in [-0.1, -0.05) is 44.2 Å². The highest BCUT2D eigenvalue weighted by molar-refractivity contribution is 6.01. The van der Waals surface area contributed by atoms with Crippen molar-refractivity contribution >= 4 is 17.6 Å². The number of carbonyl (C=O) groups is 2. The van der Waals surface area contributed by atoms with Crippen molar-refractivity contribution in [2.75, 3.05) is 5.32 Å². The van der Waals surface area contributed by atoms with Crippen molar-refractivity contribution in [1.29, 1.82) is 0 Å². The number of benzene rings is 1. The minimum absolute atomic E-state index is 0.0858. The lowest BCUT2D eigenvalue weighted by Gasteiger charge is -2.21. The average Bonchev–Trinajstić information content (AvgIpc) is 2.48. The quantitative estimate of drug-likeness (QED) is 0.861. The largest absolute Gasteiger partial charge is 0.478 e. The van der Waals surface area contributed by atoms with E-state index in [1.165, 1.54) is 38.2 Å². The molecule has 114 valence electrons. The summed E-state index contributed by atoms with van der Waals surface area (Å²) in [6, 6.07) is 5.02. The number of aryl methyl sites for hydroxylation is 1. The minimum atomic E-state index is -1.01. The second kappa shape index (κ2) is 7.25. The number of carbonyl (C=O) groups excluding carboxylic acids is 1. The summed E-state index contributed by atoms with van der Waals surface area (Å²) in [5.74, 6) is -0.445. The van der Waals surface area contributed by atoms with Crippen LogP contribution in [0.15, 0.2) is 18.2 Å². The molecule has 0 aromatic heterocycles. The summed E-state index contributed by atoms with van der Waals surface area (Å²) in [6.07, 6.45) is 7.67. The molecular weight excluding hydrogens is 266 g/mol. The zero-order chi connectivity index (χ0) is 15.2. The average molecular weight is 289 g/mol. The maximum Gasteiger partial charge on any atom is 0.337 e. The predicted molar refractivity (Wildman–Crippen MR) is 82.6 cm³/mol. The number of anilines is 1. The van der Waals surface area contributed by atoms with E-state index in [2.05, 4.69) is 5.32 Å². The van der Waals surface area contributed by atoms with Crippen molar-refractivity contribution in [2.45, 2.75) is 51.9 Å². The van der Waals surface area contributed by atoms with E-state index in [9.17, 15) is 14.7 Å². The van der Waals surface area contributed by atoms with Gasteiger partial charge in [0.1, 0.15) is 0 Å². The molecular formula is C17H23NO3. The first kappa shape index (κ1) is 15.5. The van der Waals surface area contributed by atoms with E-state index >= 15 is 0 Å². The van der Waals surface area contributed by atoms with Crippen molar-refractivity contribution in [3.63, 3.8) is 0 Å². The fraction of sp³-hybridized carbons (Fsp3) is 0.529. The monoisotopic (exact) mass is 289 g/mol. The third-order valence-corrected chi connectivity index (χ3v) is 4.27. The van der Waals surface area contributed by atoms with Crippen LogP contribution in [0.2, 0.25) is 0 Å². The Kier molecular flexibility index (Phi) is 5.37. The minimum Gasteiger partial charge on any atom is -0.478 e. The molecule has 0 heterocycles. The van der Waals surface area contributed by atoms with E-state index in [-0.39, 0.29) is 11.5 Å². The Balaban J connectivity index is 1.94. The van der Waals surface area contributed by atoms with Crippen LogP contribution in [0.1, 0.15) is 60.9 Å². The van der Waals surface area contributed by atoms with Gasteiger partial charge in [-0.15, -0.1) is 0 Å². The van der Waals surface area contributed by atoms with Crippen LogP contribution in [-0.2, 0) is 4.79 Å². The van der Waals surface area contributed by atoms with Gasteiger partial charge in [-0.2, -0.15) is 0 Å². The lowest BCUT2D eigenvalue weighted by molar-refractivity contribution is -0.116. The van der Waals surface area contributed by atoms with Gasteiger partial charge in [0.15, 0.2) is 0 Å². The number of carboxylic acids is 1. The molecule has 2 N–H and O–H groups in total. The Bertz CT molecular complexity index is 519. The first-order valence-corrected chi connectivity index (χ1v) is 7.70. The Labute approximate surface area is 125 Å². The predicted octanol–water partition coefficient (Wildman–Crippen LogP) is 3.99. The first-order chi connectivity index (χ1) is 10.1. The molecule has 0 radical (unpaired) electrons. The van der Waals surface area contributed by atoms with Crippen LogP contribution in [-0.4, -0.2) is 17.0 Å². The van der Waals surface area contributed by atoms with Gasteiger partial charge < -0.3 is 10.4 Å². The van der Waals surface area contributed by atoms with Crippen molar-refractivity contribution in [2.24, 2.45) is 5.92 Å². The second-order valence-corrected chi connectivity index (χ2v) is 5.89. The summed E-state index contributed by atoms with van der Waals surface area (Å²) >= 11 is 0. The van der Waals surface area contributed by atoms with Crippen LogP contribution in [0.25, 0.3) is 0 Å². The standard InChI is InChI=1S/C17H23NO3/c1-12-6-5-9-14(17(20)21)16(12)18-15(19)11-10-13-7-3-2-4-8-13/h5-6,9,13H,2-4,7-8,10-11H2,1H3,(H,18,19)(H,20,21). The van der Waals surface area contributed by atoms with E-state index in [4.69, 9.17) is 0 Å². The molecule has 0 saturated heterocycles. The van der Waals surface area contributed by atoms with Gasteiger partial charge in [0.25, 0.3) is 0 Å². The van der Waals surface area contributed by atoms with E-state index < -0.39 is 5.97 Å². The Morgan fingerprint density at radius 3 is 2.62 bits per heavy atom. The van der Waals surface area contributed by atoms with Crippen LogP contribution in [0, 0.1) is 12.8 Å². The van der Waals surface area contributed by atoms with Gasteiger partial charge >= 0.3 is 5.97 Å². The Morgan fingerprint density at radius 2 is 1.95 bits per heavy atom. The number of nitrogens with one attached hydrogen (secondary N) is 1. The molecule has 0 spiro atoms. The highest BCUT2D eigenvalue weighted by atomic mass is 16.4. The summed E-state index contributed by atoms with van der Waals surface area (Å²) in [6.45, 7) is 1.81. The third kappa shape index (κ3) is 4.31. The molecule has 4 nitrogen and oxygen atoms in total. The van der Waals surface area contributed by atoms with Gasteiger partial charge in [-0.05, 0) is 30.9 Å². The number of amides is 1. The molecule has 0 unspecified atom stereocenters. The van der Waals surface area contributed by atoms with Gasteiger partial charge in [0, 0.05) is 6.42 Å². The summed E-state index contributed by atoms with van der Waals surface area (Å²) in [5.41, 5.74) is 1.36. The summed E-state index contributed by atoms with van der Waals surface area (Å²) in [4.78, 5) is 23.3. The van der Waals surface area contributed by atoms with E-state index in [1.807, 2.05) is 13.0 Å². The van der Waals surface area contributed by atoms with Crippen molar-refractivity contribution < 1.29 is 14.7 Å². The smallest absolute Gasteiger partial charge is 0.337 e. The SMILES string of the molecule is Cc1cccc(C(=O)O)c1NC(=O)CCC1CCCCC1. The highest BCUT2D eigenvalue weighted by Crippen LogP contribution is 2.28. The van der Waals surface area contributed by atoms with Crippen molar-refractivity contribution in [3.05, 3.63) is 29.3 Å². The fourth-order valence-corrected chi connectivity index (χ4v) is 3.02. The molecule has 1 aliphatic carbocycles. The number of rotatable bonds is 5. The van der Waals surface area contributed by atoms with Crippen molar-refractivity contribution in [3.8, 4) is 0 Å². The Hall–Kier alpha value is -1.84. The lowest BCUT2D eigenvalue weighted by Crippen LogP contribution is -2.17. The molecule has 1 aliphatic rings. The maximum absolute atomic E-state index is 12.1. The Morgan fingerprint density at radius 1 is 1.24 bits per heavy atom. The first-order valence-electron chi connectivity index (χ1n) is 7.70. The van der Waals surface area contributed by atoms with Crippen LogP contribution >= 0.6 is 0 Å². The molecule has 21 heavy (non-hydrogen) atoms. The zero-order valence-corrected chi connectivity index (χ0v) is 12.5. The summed E-state index contributed by atoms with van der Waals surface area (Å²) < 4.78 is 0. The van der Waals surface area contributed by atoms with E-state index in [0.29, 0.717) is 18.0 Å². The second-order valence-electron chi connectivity index (χ2n) is 5.89. The number of hydrogen-bond acceptors (Lipinski definition) is 2. The zero-order valence-electron chi connectivity index (χ0n) is 12.5. The van der Waals surface area contributed by atoms with Gasteiger partial charge in [-0.25, -0.2) is 4.79 Å². The van der Waals surface area contributed by atoms with Gasteiger partial charge in [-0.3, -0.25) is 4.79 Å². The fourth-order valence-electron chi connectivity index (χ4n) is 3.02. The van der Waals surface area contributed by atoms with Gasteiger partial charge in [0.2, 0.25) is 5.91 Å². The maximum atomic E-state index is 12.1. The molecule has 0 atom stereocenters. The summed E-state index contributed by atoms with van der Waals surface area (Å²) in [5, 5.41) is 12.0. The number of para-hydroxylation sites is 1. The lowest BCUT2D eigenvalue weighted by atomic mass is 9.86. The van der Waals surface area contributed by atoms with Crippen molar-refractivity contribution in [1.82, 2.24) is 0 Å². The molecule has 4 heteroatoms. The van der Waals surface area contributed by atoms with Gasteiger partial charge in [0.05, 0.1) is 11.3 Å². The number of carboxylic acid groups (broad SMARTS) is 1. The molecule has 2 rings (SSSR count).